The number of carbonyl (C=O) groups excluding carboxylic acids is 4. The van der Waals surface area contributed by atoms with Gasteiger partial charge in [0.05, 0.1) is 7.11 Å². The van der Waals surface area contributed by atoms with Gasteiger partial charge in [-0.1, -0.05) is 0 Å². The van der Waals surface area contributed by atoms with E-state index in [1.807, 2.05) is 0 Å². The third kappa shape index (κ3) is 6.45. The fourth-order valence-corrected chi connectivity index (χ4v) is 1.95. The summed E-state index contributed by atoms with van der Waals surface area (Å²) in [5.74, 6) is -1.06. The molecule has 2 aromatic carbocycles. The molecule has 0 aliphatic rings. The molecule has 2 aromatic rings. The van der Waals surface area contributed by atoms with Crippen LogP contribution in [-0.2, 0) is 14.3 Å². The Balaban J connectivity index is 1.67. The lowest BCUT2D eigenvalue weighted by molar-refractivity contribution is -0.150. The van der Waals surface area contributed by atoms with E-state index in [-0.39, 0.29) is 0 Å². The molecule has 0 aromatic heterocycles. The maximum absolute atomic E-state index is 11.9. The average Bonchev–Trinajstić information content (AvgIpc) is 2.74. The number of esters is 1. The van der Waals surface area contributed by atoms with Gasteiger partial charge in [0.25, 0.3) is 11.8 Å². The monoisotopic (exact) mass is 386 g/mol. The lowest BCUT2D eigenvalue weighted by atomic mass is 10.2. The molecule has 0 atom stereocenters. The van der Waals surface area contributed by atoms with Crippen molar-refractivity contribution in [3.05, 3.63) is 59.7 Å². The van der Waals surface area contributed by atoms with E-state index < -0.39 is 31.0 Å². The maximum Gasteiger partial charge on any atom is 0.344 e. The molecule has 0 unspecified atom stereocenters. The van der Waals surface area contributed by atoms with Gasteiger partial charge in [0.1, 0.15) is 17.8 Å². The van der Waals surface area contributed by atoms with E-state index in [0.29, 0.717) is 28.9 Å². The maximum atomic E-state index is 11.9. The average molecular weight is 386 g/mol. The smallest absolute Gasteiger partial charge is 0.344 e. The number of nitrogens with one attached hydrogen (secondary N) is 2. The van der Waals surface area contributed by atoms with Gasteiger partial charge in [0.15, 0.2) is 13.2 Å². The standard InChI is InChI=1S/C19H18N2O7/c1-26-15-8-4-14(5-9-15)19(25)21-20-17(23)11-28-18(24)12-27-16-6-2-13(10-22)3-7-16/h2-10H,11-12H2,1H3,(H,20,23)(H,21,25). The van der Waals surface area contributed by atoms with Crippen molar-refractivity contribution in [1.82, 2.24) is 10.9 Å². The Morgan fingerprint density at radius 3 is 2.14 bits per heavy atom. The number of hydrogen-bond acceptors (Lipinski definition) is 7. The molecule has 2 amide bonds. The van der Waals surface area contributed by atoms with Crippen LogP contribution in [0.4, 0.5) is 0 Å². The van der Waals surface area contributed by atoms with Crippen LogP contribution in [0.1, 0.15) is 20.7 Å². The zero-order valence-corrected chi connectivity index (χ0v) is 15.0. The third-order valence-corrected chi connectivity index (χ3v) is 3.40. The lowest BCUT2D eigenvalue weighted by Gasteiger charge is -2.09. The second-order valence-electron chi connectivity index (χ2n) is 5.37. The molecule has 28 heavy (non-hydrogen) atoms. The van der Waals surface area contributed by atoms with Gasteiger partial charge in [-0.15, -0.1) is 0 Å². The van der Waals surface area contributed by atoms with Crippen LogP contribution in [0.3, 0.4) is 0 Å². The number of benzene rings is 2. The van der Waals surface area contributed by atoms with Crippen LogP contribution < -0.4 is 20.3 Å². The highest BCUT2D eigenvalue weighted by Crippen LogP contribution is 2.11. The van der Waals surface area contributed by atoms with Crippen LogP contribution in [-0.4, -0.2) is 44.4 Å². The normalized spacial score (nSPS) is 9.75. The van der Waals surface area contributed by atoms with Crippen molar-refractivity contribution in [1.29, 1.82) is 0 Å². The molecule has 0 saturated carbocycles. The first kappa shape index (κ1) is 20.4. The summed E-state index contributed by atoms with van der Waals surface area (Å²) in [7, 11) is 1.50. The van der Waals surface area contributed by atoms with Crippen LogP contribution in [0.2, 0.25) is 0 Å². The fourth-order valence-electron chi connectivity index (χ4n) is 1.95. The van der Waals surface area contributed by atoms with Gasteiger partial charge in [-0.05, 0) is 48.5 Å². The zero-order chi connectivity index (χ0) is 20.4. The molecule has 0 spiro atoms. The molecule has 0 saturated heterocycles. The molecule has 9 heteroatoms. The predicted molar refractivity (Wildman–Crippen MR) is 96.9 cm³/mol. The summed E-state index contributed by atoms with van der Waals surface area (Å²) in [4.78, 5) is 45.6. The second-order valence-corrected chi connectivity index (χ2v) is 5.37. The Kier molecular flexibility index (Phi) is 7.53. The minimum atomic E-state index is -0.768. The van der Waals surface area contributed by atoms with Gasteiger partial charge in [0.2, 0.25) is 0 Å². The molecule has 9 nitrogen and oxygen atoms in total. The summed E-state index contributed by atoms with van der Waals surface area (Å²) in [6.45, 7) is -0.999. The van der Waals surface area contributed by atoms with Crippen LogP contribution in [0.25, 0.3) is 0 Å². The van der Waals surface area contributed by atoms with Gasteiger partial charge in [-0.25, -0.2) is 4.79 Å². The summed E-state index contributed by atoms with van der Waals surface area (Å²) in [5, 5.41) is 0. The van der Waals surface area contributed by atoms with Crippen LogP contribution in [0, 0.1) is 0 Å². The molecule has 0 radical (unpaired) electrons. The van der Waals surface area contributed by atoms with E-state index >= 15 is 0 Å². The Bertz CT molecular complexity index is 832. The number of rotatable bonds is 8. The number of methoxy groups -OCH3 is 1. The molecule has 146 valence electrons. The van der Waals surface area contributed by atoms with Crippen molar-refractivity contribution in [2.75, 3.05) is 20.3 Å². The van der Waals surface area contributed by atoms with Crippen molar-refractivity contribution in [2.24, 2.45) is 0 Å². The molecular weight excluding hydrogens is 368 g/mol. The molecule has 0 aliphatic heterocycles. The highest BCUT2D eigenvalue weighted by atomic mass is 16.6. The van der Waals surface area contributed by atoms with E-state index in [1.54, 1.807) is 12.1 Å². The zero-order valence-electron chi connectivity index (χ0n) is 15.0. The Hall–Kier alpha value is -3.88. The fraction of sp³-hybridized carbons (Fsp3) is 0.158. The largest absolute Gasteiger partial charge is 0.497 e. The van der Waals surface area contributed by atoms with Gasteiger partial charge in [-0.2, -0.15) is 0 Å². The SMILES string of the molecule is COc1ccc(C(=O)NNC(=O)COC(=O)COc2ccc(C=O)cc2)cc1. The summed E-state index contributed by atoms with van der Waals surface area (Å²) in [5.41, 5.74) is 5.12. The summed E-state index contributed by atoms with van der Waals surface area (Å²) in [6.07, 6.45) is 0.685. The van der Waals surface area contributed by atoms with Gasteiger partial charge >= 0.3 is 5.97 Å². The van der Waals surface area contributed by atoms with Crippen molar-refractivity contribution in [2.45, 2.75) is 0 Å². The number of hydrazine groups is 1. The number of aldehydes is 1. The van der Waals surface area contributed by atoms with Gasteiger partial charge in [-0.3, -0.25) is 25.2 Å². The molecule has 2 rings (SSSR count). The van der Waals surface area contributed by atoms with Crippen LogP contribution >= 0.6 is 0 Å². The molecule has 0 aliphatic carbocycles. The van der Waals surface area contributed by atoms with E-state index in [0.717, 1.165) is 0 Å². The number of amides is 2. The highest BCUT2D eigenvalue weighted by Gasteiger charge is 2.11. The van der Waals surface area contributed by atoms with Crippen molar-refractivity contribution >= 4 is 24.1 Å². The number of carbonyl (C=O) groups is 4. The molecule has 0 bridgehead atoms. The number of hydrogen-bond donors (Lipinski definition) is 2. The van der Waals surface area contributed by atoms with E-state index in [9.17, 15) is 19.2 Å². The van der Waals surface area contributed by atoms with E-state index in [4.69, 9.17) is 14.2 Å². The Morgan fingerprint density at radius 2 is 1.54 bits per heavy atom. The quantitative estimate of drug-likeness (QED) is 0.393. The van der Waals surface area contributed by atoms with Gasteiger partial charge in [0, 0.05) is 11.1 Å². The predicted octanol–water partition coefficient (Wildman–Crippen LogP) is 0.891. The van der Waals surface area contributed by atoms with Crippen molar-refractivity contribution in [3.8, 4) is 11.5 Å². The molecule has 0 fully saturated rings. The first-order valence-corrected chi connectivity index (χ1v) is 8.08. The molecule has 2 N–H and O–H groups in total. The topological polar surface area (TPSA) is 120 Å². The molecular formula is C19H18N2O7. The summed E-state index contributed by atoms with van der Waals surface area (Å²) >= 11 is 0. The summed E-state index contributed by atoms with van der Waals surface area (Å²) < 4.78 is 14.9. The molecule has 0 heterocycles. The van der Waals surface area contributed by atoms with E-state index in [2.05, 4.69) is 10.9 Å². The number of ether oxygens (including phenoxy) is 3. The summed E-state index contributed by atoms with van der Waals surface area (Å²) in [6, 6.07) is 12.4. The van der Waals surface area contributed by atoms with Gasteiger partial charge < -0.3 is 14.2 Å². The van der Waals surface area contributed by atoms with E-state index in [1.165, 1.54) is 43.5 Å². The minimum Gasteiger partial charge on any atom is -0.497 e. The minimum absolute atomic E-state index is 0.312. The lowest BCUT2D eigenvalue weighted by Crippen LogP contribution is -2.43. The first-order valence-electron chi connectivity index (χ1n) is 8.08. The Labute approximate surface area is 160 Å². The second kappa shape index (κ2) is 10.3. The van der Waals surface area contributed by atoms with Crippen molar-refractivity contribution in [3.63, 3.8) is 0 Å². The third-order valence-electron chi connectivity index (χ3n) is 3.40. The first-order chi connectivity index (χ1) is 13.5. The van der Waals surface area contributed by atoms with Crippen molar-refractivity contribution < 1.29 is 33.4 Å². The highest BCUT2D eigenvalue weighted by molar-refractivity contribution is 5.95. The van der Waals surface area contributed by atoms with Crippen LogP contribution in [0.5, 0.6) is 11.5 Å². The Morgan fingerprint density at radius 1 is 0.893 bits per heavy atom. The van der Waals surface area contributed by atoms with Crippen LogP contribution in [0.15, 0.2) is 48.5 Å².